The van der Waals surface area contributed by atoms with E-state index in [-0.39, 0.29) is 35.9 Å². The molecule has 0 aromatic carbocycles. The van der Waals surface area contributed by atoms with Gasteiger partial charge in [0.1, 0.15) is 6.10 Å². The lowest BCUT2D eigenvalue weighted by atomic mass is 9.88. The Morgan fingerprint density at radius 1 is 1.46 bits per heavy atom. The number of amides is 3. The predicted octanol–water partition coefficient (Wildman–Crippen LogP) is 1.67. The number of nitrogens with one attached hydrogen (secondary N) is 1. The number of carbonyl (C=O) groups is 3. The molecule has 8 nitrogen and oxygen atoms in total. The first kappa shape index (κ1) is 18.8. The summed E-state index contributed by atoms with van der Waals surface area (Å²) in [6.07, 6.45) is 7.83. The highest BCUT2D eigenvalue weighted by atomic mass is 16.6. The maximum atomic E-state index is 12.2. The van der Waals surface area contributed by atoms with E-state index in [1.165, 1.54) is 5.57 Å². The van der Waals surface area contributed by atoms with Crippen molar-refractivity contribution in [3.8, 4) is 0 Å². The molecule has 28 heavy (non-hydrogen) atoms. The van der Waals surface area contributed by atoms with Gasteiger partial charge in [0.05, 0.1) is 25.2 Å². The van der Waals surface area contributed by atoms with E-state index in [0.717, 1.165) is 19.4 Å². The van der Waals surface area contributed by atoms with Crippen LogP contribution in [0.25, 0.3) is 0 Å². The molecule has 152 valence electrons. The van der Waals surface area contributed by atoms with Crippen molar-refractivity contribution in [3.63, 3.8) is 0 Å². The highest BCUT2D eigenvalue weighted by Gasteiger charge is 2.62. The maximum Gasteiger partial charge on any atom is 0.410 e. The quantitative estimate of drug-likeness (QED) is 0.698. The van der Waals surface area contributed by atoms with Crippen molar-refractivity contribution in [1.82, 2.24) is 15.1 Å². The normalized spacial score (nSPS) is 33.5. The number of ether oxygens (including phenoxy) is 2. The number of nitrogens with zero attached hydrogens (tertiary/aromatic N) is 2. The summed E-state index contributed by atoms with van der Waals surface area (Å²) in [5, 5.41) is 2.56. The van der Waals surface area contributed by atoms with Crippen LogP contribution in [-0.4, -0.2) is 72.8 Å². The molecule has 0 radical (unpaired) electrons. The van der Waals surface area contributed by atoms with Gasteiger partial charge in [0.15, 0.2) is 0 Å². The molecular weight excluding hydrogens is 362 g/mol. The minimum Gasteiger partial charge on any atom is -0.447 e. The number of hydrogen-bond donors (Lipinski definition) is 1. The van der Waals surface area contributed by atoms with Crippen LogP contribution in [0.3, 0.4) is 0 Å². The molecule has 1 N–H and O–H groups in total. The second-order valence-corrected chi connectivity index (χ2v) is 8.38. The van der Waals surface area contributed by atoms with Crippen molar-refractivity contribution in [2.45, 2.75) is 44.9 Å². The van der Waals surface area contributed by atoms with Gasteiger partial charge < -0.3 is 19.7 Å². The van der Waals surface area contributed by atoms with Crippen molar-refractivity contribution in [2.75, 3.05) is 26.2 Å². The highest BCUT2D eigenvalue weighted by Crippen LogP contribution is 2.63. The Labute approximate surface area is 164 Å². The maximum absolute atomic E-state index is 12.2. The van der Waals surface area contributed by atoms with Gasteiger partial charge in [0.25, 0.3) is 0 Å². The third-order valence-corrected chi connectivity index (χ3v) is 6.12. The first-order valence-electron chi connectivity index (χ1n) is 9.91. The molecule has 2 heterocycles. The fourth-order valence-corrected chi connectivity index (χ4v) is 4.65. The smallest absolute Gasteiger partial charge is 0.410 e. The zero-order valence-corrected chi connectivity index (χ0v) is 16.3. The number of likely N-dealkylation sites (tertiary alicyclic amines) is 1. The minimum absolute atomic E-state index is 0.0329. The van der Waals surface area contributed by atoms with Crippen LogP contribution in [0, 0.1) is 11.3 Å². The number of hydrogen-bond acceptors (Lipinski definition) is 5. The Hall–Kier alpha value is -2.51. The number of fused-ring (bicyclic) bond motifs is 1. The number of rotatable bonds is 6. The van der Waals surface area contributed by atoms with Gasteiger partial charge in [-0.25, -0.2) is 9.59 Å². The van der Waals surface area contributed by atoms with Crippen molar-refractivity contribution in [2.24, 2.45) is 11.3 Å². The summed E-state index contributed by atoms with van der Waals surface area (Å²) in [5.74, 6) is 0.496. The number of carbonyl (C=O) groups excluding carboxylic acids is 3. The summed E-state index contributed by atoms with van der Waals surface area (Å²) in [5.41, 5.74) is 1.32. The molecule has 4 rings (SSSR count). The van der Waals surface area contributed by atoms with Crippen LogP contribution >= 0.6 is 0 Å². The van der Waals surface area contributed by atoms with Crippen molar-refractivity contribution in [1.29, 1.82) is 0 Å². The van der Waals surface area contributed by atoms with Crippen LogP contribution in [0.5, 0.6) is 0 Å². The standard InChI is InChI=1S/C20H27N3O5/c1-13(2)27-18(25)22-9-15-7-20(15,11-22)14-3-5-16(6-4-14)23-10-17(8-21-12-24)28-19(23)26/h3-5,12-13,15-17H,6-11H2,1-2H3,(H,21,24). The number of piperidine rings is 1. The van der Waals surface area contributed by atoms with E-state index in [4.69, 9.17) is 9.47 Å². The zero-order chi connectivity index (χ0) is 19.9. The lowest BCUT2D eigenvalue weighted by Gasteiger charge is -2.27. The SMILES string of the molecule is CC(C)OC(=O)N1CC2CC2(C2=CCC(N3CC(CNC=O)OC3=O)C=C2)C1. The van der Waals surface area contributed by atoms with Crippen molar-refractivity contribution >= 4 is 18.6 Å². The van der Waals surface area contributed by atoms with E-state index in [1.54, 1.807) is 4.90 Å². The van der Waals surface area contributed by atoms with E-state index in [2.05, 4.69) is 23.5 Å². The van der Waals surface area contributed by atoms with Crippen LogP contribution in [-0.2, 0) is 14.3 Å². The molecule has 4 atom stereocenters. The van der Waals surface area contributed by atoms with E-state index < -0.39 is 0 Å². The molecule has 0 aromatic heterocycles. The summed E-state index contributed by atoms with van der Waals surface area (Å²) in [7, 11) is 0. The Bertz CT molecular complexity index is 733. The van der Waals surface area contributed by atoms with Gasteiger partial charge in [0, 0.05) is 18.5 Å². The molecule has 2 aliphatic carbocycles. The summed E-state index contributed by atoms with van der Waals surface area (Å²) in [6.45, 7) is 5.98. The Kier molecular flexibility index (Phi) is 4.81. The van der Waals surface area contributed by atoms with Gasteiger partial charge in [-0.05, 0) is 38.2 Å². The molecule has 0 spiro atoms. The molecule has 2 aliphatic heterocycles. The van der Waals surface area contributed by atoms with Gasteiger partial charge in [-0.3, -0.25) is 9.69 Å². The van der Waals surface area contributed by atoms with Crippen LogP contribution in [0.15, 0.2) is 23.8 Å². The Balaban J connectivity index is 1.34. The van der Waals surface area contributed by atoms with Crippen LogP contribution in [0.4, 0.5) is 9.59 Å². The summed E-state index contributed by atoms with van der Waals surface area (Å²) >= 11 is 0. The molecular formula is C20H27N3O5. The molecule has 2 saturated heterocycles. The first-order valence-corrected chi connectivity index (χ1v) is 9.91. The van der Waals surface area contributed by atoms with Crippen LogP contribution < -0.4 is 5.32 Å². The monoisotopic (exact) mass is 389 g/mol. The summed E-state index contributed by atoms with van der Waals surface area (Å²) < 4.78 is 10.6. The highest BCUT2D eigenvalue weighted by molar-refractivity contribution is 5.71. The third kappa shape index (κ3) is 3.36. The van der Waals surface area contributed by atoms with E-state index in [9.17, 15) is 14.4 Å². The first-order chi connectivity index (χ1) is 13.4. The molecule has 4 unspecified atom stereocenters. The van der Waals surface area contributed by atoms with E-state index in [0.29, 0.717) is 32.0 Å². The Morgan fingerprint density at radius 3 is 2.96 bits per heavy atom. The zero-order valence-electron chi connectivity index (χ0n) is 16.3. The van der Waals surface area contributed by atoms with Gasteiger partial charge >= 0.3 is 12.2 Å². The van der Waals surface area contributed by atoms with Gasteiger partial charge in [-0.15, -0.1) is 0 Å². The molecule has 0 aromatic rings. The molecule has 1 saturated carbocycles. The average Bonchev–Trinajstić information content (AvgIpc) is 3.04. The van der Waals surface area contributed by atoms with Crippen LogP contribution in [0.1, 0.15) is 26.7 Å². The summed E-state index contributed by atoms with van der Waals surface area (Å²) in [6, 6.07) is -0.0329. The van der Waals surface area contributed by atoms with Gasteiger partial charge in [-0.1, -0.05) is 18.2 Å². The van der Waals surface area contributed by atoms with Gasteiger partial charge in [-0.2, -0.15) is 0 Å². The second-order valence-electron chi connectivity index (χ2n) is 8.38. The Morgan fingerprint density at radius 2 is 2.29 bits per heavy atom. The predicted molar refractivity (Wildman–Crippen MR) is 100 cm³/mol. The minimum atomic E-state index is -0.338. The van der Waals surface area contributed by atoms with E-state index >= 15 is 0 Å². The number of allylic oxidation sites excluding steroid dienone is 1. The fourth-order valence-electron chi connectivity index (χ4n) is 4.65. The average molecular weight is 389 g/mol. The molecule has 3 amide bonds. The van der Waals surface area contributed by atoms with Gasteiger partial charge in [0.2, 0.25) is 6.41 Å². The second kappa shape index (κ2) is 7.14. The van der Waals surface area contributed by atoms with E-state index in [1.807, 2.05) is 18.7 Å². The largest absolute Gasteiger partial charge is 0.447 e. The van der Waals surface area contributed by atoms with Crippen molar-refractivity contribution < 1.29 is 23.9 Å². The molecule has 8 heteroatoms. The molecule has 0 bridgehead atoms. The lowest BCUT2D eigenvalue weighted by Crippen LogP contribution is -2.37. The topological polar surface area (TPSA) is 88.2 Å². The fraction of sp³-hybridized carbons (Fsp3) is 0.650. The lowest BCUT2D eigenvalue weighted by molar-refractivity contribution is -0.109. The molecule has 3 fully saturated rings. The van der Waals surface area contributed by atoms with Crippen molar-refractivity contribution in [3.05, 3.63) is 23.8 Å². The molecule has 4 aliphatic rings. The van der Waals surface area contributed by atoms with Crippen LogP contribution in [0.2, 0.25) is 0 Å². The third-order valence-electron chi connectivity index (χ3n) is 6.12. The summed E-state index contributed by atoms with van der Waals surface area (Å²) in [4.78, 5) is 38.3. The number of cyclic esters (lactones) is 1.